The molecule has 0 radical (unpaired) electrons. The van der Waals surface area contributed by atoms with Crippen molar-refractivity contribution in [3.8, 4) is 11.5 Å². The molecule has 1 amide bonds. The first-order valence-electron chi connectivity index (χ1n) is 8.32. The molecule has 0 atom stereocenters. The Morgan fingerprint density at radius 1 is 1.00 bits per heavy atom. The number of rotatable bonds is 8. The third-order valence-corrected chi connectivity index (χ3v) is 3.58. The van der Waals surface area contributed by atoms with E-state index in [4.69, 9.17) is 9.47 Å². The van der Waals surface area contributed by atoms with Gasteiger partial charge in [0.2, 0.25) is 0 Å². The van der Waals surface area contributed by atoms with E-state index in [0.29, 0.717) is 35.8 Å². The van der Waals surface area contributed by atoms with Crippen LogP contribution in [0.1, 0.15) is 36.2 Å². The highest BCUT2D eigenvalue weighted by atomic mass is 16.5. The van der Waals surface area contributed by atoms with Gasteiger partial charge in [-0.2, -0.15) is 0 Å². The summed E-state index contributed by atoms with van der Waals surface area (Å²) in [5.41, 5.74) is 2.31. The number of hydrogen-bond acceptors (Lipinski definition) is 4. The van der Waals surface area contributed by atoms with E-state index in [9.17, 15) is 9.59 Å². The van der Waals surface area contributed by atoms with E-state index in [1.807, 2.05) is 39.0 Å². The Morgan fingerprint density at radius 2 is 1.72 bits per heavy atom. The van der Waals surface area contributed by atoms with Crippen LogP contribution in [0.4, 0.5) is 5.69 Å². The summed E-state index contributed by atoms with van der Waals surface area (Å²) < 4.78 is 11.0. The first kappa shape index (κ1) is 18.5. The fourth-order valence-electron chi connectivity index (χ4n) is 2.28. The Hall–Kier alpha value is -2.82. The summed E-state index contributed by atoms with van der Waals surface area (Å²) in [5, 5.41) is 2.79. The lowest BCUT2D eigenvalue weighted by Crippen LogP contribution is -2.20. The van der Waals surface area contributed by atoms with Gasteiger partial charge < -0.3 is 14.8 Å². The quantitative estimate of drug-likeness (QED) is 0.737. The number of Topliss-reactive ketones (excluding diaryl/α,β-unsaturated/α-hetero) is 1. The number of carbonyl (C=O) groups is 2. The van der Waals surface area contributed by atoms with E-state index >= 15 is 0 Å². The van der Waals surface area contributed by atoms with E-state index in [1.165, 1.54) is 0 Å². The number of anilines is 1. The van der Waals surface area contributed by atoms with Crippen molar-refractivity contribution >= 4 is 17.4 Å². The molecule has 25 heavy (non-hydrogen) atoms. The average Bonchev–Trinajstić information content (AvgIpc) is 2.62. The number of aryl methyl sites for hydroxylation is 1. The standard InChI is InChI=1S/C20H23NO4/c1-4-18(22)15-7-9-16(10-8-15)25-13-20(23)21-17-11-6-14(3)12-19(17)24-5-2/h6-12H,4-5,13H2,1-3H3,(H,21,23). The highest BCUT2D eigenvalue weighted by molar-refractivity contribution is 5.96. The van der Waals surface area contributed by atoms with Gasteiger partial charge in [0.25, 0.3) is 5.91 Å². The summed E-state index contributed by atoms with van der Waals surface area (Å²) in [4.78, 5) is 23.7. The first-order chi connectivity index (χ1) is 12.0. The van der Waals surface area contributed by atoms with E-state index in [1.54, 1.807) is 24.3 Å². The van der Waals surface area contributed by atoms with Crippen LogP contribution in [0.2, 0.25) is 0 Å². The second-order valence-electron chi connectivity index (χ2n) is 5.57. The molecular weight excluding hydrogens is 318 g/mol. The van der Waals surface area contributed by atoms with Crippen LogP contribution >= 0.6 is 0 Å². The molecule has 2 aromatic rings. The zero-order chi connectivity index (χ0) is 18.2. The lowest BCUT2D eigenvalue weighted by molar-refractivity contribution is -0.118. The maximum Gasteiger partial charge on any atom is 0.262 e. The second-order valence-corrected chi connectivity index (χ2v) is 5.57. The monoisotopic (exact) mass is 341 g/mol. The van der Waals surface area contributed by atoms with Gasteiger partial charge in [0.05, 0.1) is 12.3 Å². The highest BCUT2D eigenvalue weighted by Crippen LogP contribution is 2.25. The van der Waals surface area contributed by atoms with Gasteiger partial charge in [-0.3, -0.25) is 9.59 Å². The summed E-state index contributed by atoms with van der Waals surface area (Å²) in [5.74, 6) is 0.973. The average molecular weight is 341 g/mol. The van der Waals surface area contributed by atoms with Gasteiger partial charge in [0.15, 0.2) is 12.4 Å². The molecule has 0 saturated carbocycles. The van der Waals surface area contributed by atoms with Crippen molar-refractivity contribution < 1.29 is 19.1 Å². The van der Waals surface area contributed by atoms with Crippen molar-refractivity contribution in [2.75, 3.05) is 18.5 Å². The van der Waals surface area contributed by atoms with Crippen LogP contribution in [-0.2, 0) is 4.79 Å². The Kier molecular flexibility index (Phi) is 6.57. The molecule has 5 nitrogen and oxygen atoms in total. The van der Waals surface area contributed by atoms with Gasteiger partial charge in [-0.15, -0.1) is 0 Å². The van der Waals surface area contributed by atoms with Crippen LogP contribution in [0.25, 0.3) is 0 Å². The van der Waals surface area contributed by atoms with Crippen molar-refractivity contribution in [2.24, 2.45) is 0 Å². The number of ketones is 1. The molecule has 2 aromatic carbocycles. The van der Waals surface area contributed by atoms with Gasteiger partial charge in [-0.05, 0) is 55.8 Å². The molecule has 2 rings (SSSR count). The molecule has 0 fully saturated rings. The molecule has 0 unspecified atom stereocenters. The zero-order valence-electron chi connectivity index (χ0n) is 14.8. The minimum absolute atomic E-state index is 0.0760. The number of nitrogens with one attached hydrogen (secondary N) is 1. The van der Waals surface area contributed by atoms with Crippen LogP contribution in [-0.4, -0.2) is 24.9 Å². The van der Waals surface area contributed by atoms with Crippen molar-refractivity contribution in [1.29, 1.82) is 0 Å². The molecule has 5 heteroatoms. The van der Waals surface area contributed by atoms with E-state index in [0.717, 1.165) is 5.56 Å². The van der Waals surface area contributed by atoms with Crippen LogP contribution < -0.4 is 14.8 Å². The SMILES string of the molecule is CCOc1cc(C)ccc1NC(=O)COc1ccc(C(=O)CC)cc1. The van der Waals surface area contributed by atoms with Crippen molar-refractivity contribution in [2.45, 2.75) is 27.2 Å². The first-order valence-corrected chi connectivity index (χ1v) is 8.32. The van der Waals surface area contributed by atoms with Gasteiger partial charge in [-0.25, -0.2) is 0 Å². The summed E-state index contributed by atoms with van der Waals surface area (Å²) >= 11 is 0. The molecule has 132 valence electrons. The minimum Gasteiger partial charge on any atom is -0.492 e. The molecule has 0 bridgehead atoms. The fraction of sp³-hybridized carbons (Fsp3) is 0.300. The van der Waals surface area contributed by atoms with Crippen LogP contribution in [0.3, 0.4) is 0 Å². The summed E-state index contributed by atoms with van der Waals surface area (Å²) in [6, 6.07) is 12.4. The molecule has 0 aromatic heterocycles. The van der Waals surface area contributed by atoms with Crippen molar-refractivity contribution in [3.05, 3.63) is 53.6 Å². The normalized spacial score (nSPS) is 10.2. The van der Waals surface area contributed by atoms with Gasteiger partial charge in [-0.1, -0.05) is 13.0 Å². The molecule has 1 N–H and O–H groups in total. The van der Waals surface area contributed by atoms with Crippen LogP contribution in [0.15, 0.2) is 42.5 Å². The Balaban J connectivity index is 1.94. The smallest absolute Gasteiger partial charge is 0.262 e. The molecular formula is C20H23NO4. The number of benzene rings is 2. The maximum atomic E-state index is 12.1. The molecule has 0 saturated heterocycles. The maximum absolute atomic E-state index is 12.1. The second kappa shape index (κ2) is 8.87. The molecule has 0 heterocycles. The summed E-state index contributed by atoms with van der Waals surface area (Å²) in [7, 11) is 0. The molecule has 0 spiro atoms. The van der Waals surface area contributed by atoms with Crippen LogP contribution in [0, 0.1) is 6.92 Å². The van der Waals surface area contributed by atoms with E-state index < -0.39 is 0 Å². The van der Waals surface area contributed by atoms with E-state index in [2.05, 4.69) is 5.32 Å². The Labute approximate surface area is 148 Å². The van der Waals surface area contributed by atoms with Gasteiger partial charge >= 0.3 is 0 Å². The zero-order valence-corrected chi connectivity index (χ0v) is 14.8. The van der Waals surface area contributed by atoms with Crippen molar-refractivity contribution in [3.63, 3.8) is 0 Å². The predicted molar refractivity (Wildman–Crippen MR) is 97.5 cm³/mol. The van der Waals surface area contributed by atoms with E-state index in [-0.39, 0.29) is 18.3 Å². The summed E-state index contributed by atoms with van der Waals surface area (Å²) in [6.07, 6.45) is 0.460. The number of amides is 1. The van der Waals surface area contributed by atoms with Gasteiger partial charge in [0, 0.05) is 12.0 Å². The molecule has 0 aliphatic carbocycles. The topological polar surface area (TPSA) is 64.6 Å². The number of ether oxygens (including phenoxy) is 2. The lowest BCUT2D eigenvalue weighted by Gasteiger charge is -2.13. The van der Waals surface area contributed by atoms with Crippen LogP contribution in [0.5, 0.6) is 11.5 Å². The van der Waals surface area contributed by atoms with Gasteiger partial charge in [0.1, 0.15) is 11.5 Å². The number of carbonyl (C=O) groups excluding carboxylic acids is 2. The van der Waals surface area contributed by atoms with Crippen molar-refractivity contribution in [1.82, 2.24) is 0 Å². The Bertz CT molecular complexity index is 738. The highest BCUT2D eigenvalue weighted by Gasteiger charge is 2.09. The number of hydrogen-bond donors (Lipinski definition) is 1. The predicted octanol–water partition coefficient (Wildman–Crippen LogP) is 4.00. The summed E-state index contributed by atoms with van der Waals surface area (Å²) in [6.45, 7) is 6.07. The molecule has 0 aliphatic heterocycles. The Morgan fingerprint density at radius 3 is 2.36 bits per heavy atom. The largest absolute Gasteiger partial charge is 0.492 e. The lowest BCUT2D eigenvalue weighted by atomic mass is 10.1. The third-order valence-electron chi connectivity index (χ3n) is 3.58. The molecule has 0 aliphatic rings. The minimum atomic E-state index is -0.279. The fourth-order valence-corrected chi connectivity index (χ4v) is 2.28. The third kappa shape index (κ3) is 5.35.